The molecule has 1 heterocycles. The first-order chi connectivity index (χ1) is 11.4. The van der Waals surface area contributed by atoms with Gasteiger partial charge < -0.3 is 22.4 Å². The van der Waals surface area contributed by atoms with E-state index in [0.717, 1.165) is 0 Å². The van der Waals surface area contributed by atoms with Crippen molar-refractivity contribution in [2.24, 2.45) is 0 Å². The van der Waals surface area contributed by atoms with E-state index in [1.165, 1.54) is 0 Å². The molecular formula is C17H42O5Si4. The quantitative estimate of drug-likeness (QED) is 0.481. The zero-order valence-corrected chi connectivity index (χ0v) is 23.1. The van der Waals surface area contributed by atoms with Crippen LogP contribution in [0.3, 0.4) is 0 Å². The molecule has 0 amide bonds. The van der Waals surface area contributed by atoms with Crippen molar-refractivity contribution < 1.29 is 22.4 Å². The molecule has 9 heteroatoms. The van der Waals surface area contributed by atoms with Crippen molar-refractivity contribution in [3.8, 4) is 0 Å². The molecule has 1 fully saturated rings. The number of ether oxygens (including phenoxy) is 1. The molecule has 0 radical (unpaired) electrons. The van der Waals surface area contributed by atoms with E-state index in [1.54, 1.807) is 0 Å². The lowest BCUT2D eigenvalue weighted by atomic mass is 10.1. The number of hydrogen-bond donors (Lipinski definition) is 0. The summed E-state index contributed by atoms with van der Waals surface area (Å²) in [6.45, 7) is 26.9. The first-order valence-electron chi connectivity index (χ1n) is 9.69. The Balaban J connectivity index is 3.10. The van der Waals surface area contributed by atoms with Crippen LogP contribution in [0, 0.1) is 0 Å². The maximum Gasteiger partial charge on any atom is 0.187 e. The lowest BCUT2D eigenvalue weighted by Crippen LogP contribution is -2.50. The lowest BCUT2D eigenvalue weighted by molar-refractivity contribution is -0.116. The minimum Gasteiger partial charge on any atom is -0.415 e. The fourth-order valence-electron chi connectivity index (χ4n) is 2.69. The molecule has 1 saturated heterocycles. The van der Waals surface area contributed by atoms with Gasteiger partial charge in [-0.15, -0.1) is 0 Å². The molecule has 0 aromatic heterocycles. The van der Waals surface area contributed by atoms with E-state index in [0.29, 0.717) is 6.61 Å². The molecular weight excluding hydrogens is 397 g/mol. The Bertz CT molecular complexity index is 448. The Morgan fingerprint density at radius 2 is 1.00 bits per heavy atom. The normalized spacial score (nSPS) is 28.6. The highest BCUT2D eigenvalue weighted by Gasteiger charge is 2.51. The van der Waals surface area contributed by atoms with Crippen molar-refractivity contribution >= 4 is 33.3 Å². The topological polar surface area (TPSA) is 46.2 Å². The average molecular weight is 439 g/mol. The Kier molecular flexibility index (Phi) is 8.15. The molecule has 0 aromatic rings. The van der Waals surface area contributed by atoms with Gasteiger partial charge in [0.05, 0.1) is 6.61 Å². The maximum atomic E-state index is 6.56. The molecule has 26 heavy (non-hydrogen) atoms. The van der Waals surface area contributed by atoms with Crippen LogP contribution in [0.15, 0.2) is 0 Å². The van der Waals surface area contributed by atoms with E-state index in [4.69, 9.17) is 22.4 Å². The second-order valence-corrected chi connectivity index (χ2v) is 29.0. The van der Waals surface area contributed by atoms with Crippen LogP contribution in [0.4, 0.5) is 0 Å². The van der Waals surface area contributed by atoms with E-state index >= 15 is 0 Å². The van der Waals surface area contributed by atoms with Crippen LogP contribution in [0.2, 0.25) is 78.6 Å². The van der Waals surface area contributed by atoms with E-state index in [2.05, 4.69) is 78.6 Å². The molecule has 1 rings (SSSR count). The molecule has 0 unspecified atom stereocenters. The average Bonchev–Trinajstić information content (AvgIpc) is 2.59. The Labute approximate surface area is 165 Å². The first-order valence-corrected chi connectivity index (χ1v) is 23.3. The summed E-state index contributed by atoms with van der Waals surface area (Å²) in [5.41, 5.74) is 0. The zero-order chi connectivity index (χ0) is 20.6. The zero-order valence-electron chi connectivity index (χ0n) is 19.1. The third-order valence-corrected chi connectivity index (χ3v) is 7.33. The predicted octanol–water partition coefficient (Wildman–Crippen LogP) is 4.85. The van der Waals surface area contributed by atoms with Crippen molar-refractivity contribution in [1.29, 1.82) is 0 Å². The highest BCUT2D eigenvalue weighted by Crippen LogP contribution is 2.33. The Morgan fingerprint density at radius 3 is 1.38 bits per heavy atom. The van der Waals surface area contributed by atoms with Gasteiger partial charge in [0, 0.05) is 0 Å². The van der Waals surface area contributed by atoms with Crippen molar-refractivity contribution in [2.75, 3.05) is 6.61 Å². The van der Waals surface area contributed by atoms with Gasteiger partial charge in [-0.1, -0.05) is 0 Å². The summed E-state index contributed by atoms with van der Waals surface area (Å²) in [7, 11) is -6.99. The molecule has 0 spiro atoms. The molecule has 0 N–H and O–H groups in total. The van der Waals surface area contributed by atoms with Crippen LogP contribution in [0.1, 0.15) is 0 Å². The smallest absolute Gasteiger partial charge is 0.187 e. The van der Waals surface area contributed by atoms with Crippen LogP contribution in [0.25, 0.3) is 0 Å². The van der Waals surface area contributed by atoms with Crippen LogP contribution >= 0.6 is 0 Å². The van der Waals surface area contributed by atoms with Gasteiger partial charge in [0.2, 0.25) is 0 Å². The summed E-state index contributed by atoms with van der Waals surface area (Å²) in [6.07, 6.45) is -0.831. The minimum atomic E-state index is -1.79. The fourth-order valence-corrected chi connectivity index (χ4v) is 6.40. The summed E-state index contributed by atoms with van der Waals surface area (Å²) < 4.78 is 32.0. The maximum absolute atomic E-state index is 6.56. The van der Waals surface area contributed by atoms with Crippen molar-refractivity contribution in [3.05, 3.63) is 0 Å². The lowest BCUT2D eigenvalue weighted by Gasteiger charge is -2.35. The standard InChI is InChI=1S/C17H42O5Si4/c1-23(2,3)18-13-14-15(20-24(4,5)6)16(21-25(7,8)9)17(19-14)22-26(10,11)12/h14-17H,13H2,1-12H3/t14-,15-,16+,17+/m1/s1. The largest absolute Gasteiger partial charge is 0.415 e. The molecule has 1 aliphatic heterocycles. The van der Waals surface area contributed by atoms with Gasteiger partial charge in [-0.3, -0.25) is 0 Å². The summed E-state index contributed by atoms with van der Waals surface area (Å²) in [5.74, 6) is 0. The summed E-state index contributed by atoms with van der Waals surface area (Å²) in [5, 5.41) is 0. The molecule has 0 bridgehead atoms. The van der Waals surface area contributed by atoms with Gasteiger partial charge in [-0.25, -0.2) is 0 Å². The van der Waals surface area contributed by atoms with Gasteiger partial charge >= 0.3 is 0 Å². The highest BCUT2D eigenvalue weighted by molar-refractivity contribution is 6.71. The second-order valence-electron chi connectivity index (χ2n) is 11.1. The third-order valence-electron chi connectivity index (χ3n) is 3.40. The molecule has 1 aliphatic rings. The van der Waals surface area contributed by atoms with Crippen molar-refractivity contribution in [3.63, 3.8) is 0 Å². The van der Waals surface area contributed by atoms with Crippen LogP contribution in [0.5, 0.6) is 0 Å². The molecule has 0 aliphatic carbocycles. The van der Waals surface area contributed by atoms with Crippen LogP contribution < -0.4 is 0 Å². The SMILES string of the molecule is C[Si](C)(C)OC[C@H]1O[C@@H](O[Si](C)(C)C)[C@@H](O[Si](C)(C)C)[C@@H]1O[Si](C)(C)C. The molecule has 0 saturated carbocycles. The minimum absolute atomic E-state index is 0.133. The van der Waals surface area contributed by atoms with Crippen molar-refractivity contribution in [1.82, 2.24) is 0 Å². The van der Waals surface area contributed by atoms with Gasteiger partial charge in [0.25, 0.3) is 0 Å². The summed E-state index contributed by atoms with van der Waals surface area (Å²) in [4.78, 5) is 0. The highest BCUT2D eigenvalue weighted by atomic mass is 28.4. The summed E-state index contributed by atoms with van der Waals surface area (Å²) in [6, 6.07) is 0. The second kappa shape index (κ2) is 8.58. The molecule has 0 aromatic carbocycles. The molecule has 156 valence electrons. The number of hydrogen-bond acceptors (Lipinski definition) is 5. The van der Waals surface area contributed by atoms with E-state index < -0.39 is 33.3 Å². The number of rotatable bonds is 9. The molecule has 5 nitrogen and oxygen atoms in total. The molecule has 4 atom stereocenters. The monoisotopic (exact) mass is 438 g/mol. The Hall–Kier alpha value is 0.668. The van der Waals surface area contributed by atoms with E-state index in [1.807, 2.05) is 0 Å². The van der Waals surface area contributed by atoms with Gasteiger partial charge in [-0.05, 0) is 78.6 Å². The summed E-state index contributed by atoms with van der Waals surface area (Å²) >= 11 is 0. The first kappa shape index (κ1) is 24.7. The van der Waals surface area contributed by atoms with Gasteiger partial charge in [0.15, 0.2) is 39.6 Å². The van der Waals surface area contributed by atoms with Crippen molar-refractivity contribution in [2.45, 2.75) is 103 Å². The van der Waals surface area contributed by atoms with Crippen LogP contribution in [-0.4, -0.2) is 64.5 Å². The predicted molar refractivity (Wildman–Crippen MR) is 119 cm³/mol. The van der Waals surface area contributed by atoms with E-state index in [-0.39, 0.29) is 24.6 Å². The van der Waals surface area contributed by atoms with Gasteiger partial charge in [-0.2, -0.15) is 0 Å². The fraction of sp³-hybridized carbons (Fsp3) is 1.00. The van der Waals surface area contributed by atoms with Gasteiger partial charge in [0.1, 0.15) is 18.3 Å². The Morgan fingerprint density at radius 1 is 0.577 bits per heavy atom. The van der Waals surface area contributed by atoms with Crippen LogP contribution in [-0.2, 0) is 22.4 Å². The van der Waals surface area contributed by atoms with E-state index in [9.17, 15) is 0 Å². The third kappa shape index (κ3) is 9.74.